The van der Waals surface area contributed by atoms with Crippen LogP contribution in [0.4, 0.5) is 5.82 Å². The van der Waals surface area contributed by atoms with Crippen molar-refractivity contribution in [3.63, 3.8) is 0 Å². The van der Waals surface area contributed by atoms with Crippen LogP contribution in [0.2, 0.25) is 0 Å². The number of aromatic nitrogens is 1. The number of anilines is 1. The molecular formula is C15H16N3O+. The number of rotatable bonds is 2. The Balaban J connectivity index is 2.77. The lowest BCUT2D eigenvalue weighted by Crippen LogP contribution is -2.18. The molecule has 0 atom stereocenters. The summed E-state index contributed by atoms with van der Waals surface area (Å²) in [6.45, 7) is 3.91. The van der Waals surface area contributed by atoms with Crippen molar-refractivity contribution >= 4 is 5.82 Å². The number of aromatic amines is 1. The summed E-state index contributed by atoms with van der Waals surface area (Å²) in [6, 6.07) is 9.80. The first kappa shape index (κ1) is 12.9. The number of aryl methyl sites for hydroxylation is 1. The van der Waals surface area contributed by atoms with Crippen LogP contribution in [0.3, 0.4) is 0 Å². The van der Waals surface area contributed by atoms with Crippen LogP contribution in [0.5, 0.6) is 5.75 Å². The zero-order valence-electron chi connectivity index (χ0n) is 11.2. The number of nitrogens with zero attached hydrogens (tertiary/aromatic N) is 1. The Morgan fingerprint density at radius 1 is 1.32 bits per heavy atom. The number of methoxy groups -OCH3 is 1. The molecule has 0 fully saturated rings. The predicted molar refractivity (Wildman–Crippen MR) is 73.6 cm³/mol. The Hall–Kier alpha value is -2.54. The van der Waals surface area contributed by atoms with Gasteiger partial charge >= 0.3 is 0 Å². The summed E-state index contributed by atoms with van der Waals surface area (Å²) in [4.78, 5) is 3.02. The third-order valence-corrected chi connectivity index (χ3v) is 3.25. The smallest absolute Gasteiger partial charge is 0.289 e. The molecular weight excluding hydrogens is 238 g/mol. The molecule has 96 valence electrons. The topological polar surface area (TPSA) is 73.2 Å². The Labute approximate surface area is 112 Å². The van der Waals surface area contributed by atoms with E-state index in [4.69, 9.17) is 10.5 Å². The third-order valence-electron chi connectivity index (χ3n) is 3.25. The van der Waals surface area contributed by atoms with Gasteiger partial charge in [0.25, 0.3) is 5.82 Å². The van der Waals surface area contributed by atoms with E-state index in [0.717, 1.165) is 28.1 Å². The zero-order chi connectivity index (χ0) is 14.0. The average molecular weight is 254 g/mol. The maximum absolute atomic E-state index is 9.32. The van der Waals surface area contributed by atoms with Crippen LogP contribution >= 0.6 is 0 Å². The number of hydrogen-bond acceptors (Lipinski definition) is 3. The van der Waals surface area contributed by atoms with Crippen LogP contribution < -0.4 is 15.5 Å². The van der Waals surface area contributed by atoms with Gasteiger partial charge in [-0.05, 0) is 31.5 Å². The highest BCUT2D eigenvalue weighted by atomic mass is 16.5. The van der Waals surface area contributed by atoms with Crippen molar-refractivity contribution in [2.24, 2.45) is 0 Å². The lowest BCUT2D eigenvalue weighted by atomic mass is 9.95. The molecule has 0 spiro atoms. The Morgan fingerprint density at radius 3 is 2.68 bits per heavy atom. The third kappa shape index (κ3) is 2.23. The molecule has 3 N–H and O–H groups in total. The molecule has 2 aromatic rings. The summed E-state index contributed by atoms with van der Waals surface area (Å²) < 4.78 is 5.23. The number of nitrogens with two attached hydrogens (primary N) is 1. The molecule has 0 unspecified atom stereocenters. The molecule has 4 heteroatoms. The highest BCUT2D eigenvalue weighted by Gasteiger charge is 2.18. The van der Waals surface area contributed by atoms with Crippen molar-refractivity contribution in [3.05, 3.63) is 41.1 Å². The van der Waals surface area contributed by atoms with Crippen molar-refractivity contribution in [3.8, 4) is 22.9 Å². The van der Waals surface area contributed by atoms with Gasteiger partial charge in [0.05, 0.1) is 7.11 Å². The number of benzene rings is 1. The Bertz CT molecular complexity index is 672. The lowest BCUT2D eigenvalue weighted by Gasteiger charge is -2.11. The number of nitrogens with one attached hydrogen (secondary N) is 1. The zero-order valence-corrected chi connectivity index (χ0v) is 11.2. The first-order chi connectivity index (χ1) is 9.08. The van der Waals surface area contributed by atoms with Gasteiger partial charge in [0.1, 0.15) is 23.1 Å². The first-order valence-electron chi connectivity index (χ1n) is 5.95. The van der Waals surface area contributed by atoms with Crippen molar-refractivity contribution in [2.75, 3.05) is 12.8 Å². The second kappa shape index (κ2) is 4.99. The van der Waals surface area contributed by atoms with E-state index in [1.165, 1.54) is 0 Å². The number of pyridine rings is 1. The van der Waals surface area contributed by atoms with E-state index >= 15 is 0 Å². The monoisotopic (exact) mass is 254 g/mol. The standard InChI is InChI=1S/C15H15N3O/c1-9-10(2)18-15(17)13(8-16)14(9)11-5-4-6-12(7-11)19-3/h4-7H,1-3H3,(H2,17,18)/p+1. The molecule has 0 radical (unpaired) electrons. The summed E-state index contributed by atoms with van der Waals surface area (Å²) in [6.07, 6.45) is 0. The van der Waals surface area contributed by atoms with Crippen molar-refractivity contribution in [1.29, 1.82) is 5.26 Å². The number of ether oxygens (including phenoxy) is 1. The molecule has 0 saturated carbocycles. The predicted octanol–water partition coefficient (Wildman–Crippen LogP) is 2.25. The minimum atomic E-state index is 0.392. The summed E-state index contributed by atoms with van der Waals surface area (Å²) in [5.41, 5.74) is 10.1. The van der Waals surface area contributed by atoms with Gasteiger partial charge in [-0.3, -0.25) is 5.73 Å². The Morgan fingerprint density at radius 2 is 2.05 bits per heavy atom. The van der Waals surface area contributed by atoms with Gasteiger partial charge in [-0.2, -0.15) is 5.26 Å². The average Bonchev–Trinajstić information content (AvgIpc) is 2.42. The van der Waals surface area contributed by atoms with Crippen LogP contribution in [0.25, 0.3) is 11.1 Å². The van der Waals surface area contributed by atoms with Gasteiger partial charge in [-0.25, -0.2) is 4.98 Å². The summed E-state index contributed by atoms with van der Waals surface area (Å²) >= 11 is 0. The van der Waals surface area contributed by atoms with Crippen LogP contribution in [-0.2, 0) is 0 Å². The van der Waals surface area contributed by atoms with E-state index in [-0.39, 0.29) is 0 Å². The number of nitriles is 1. The summed E-state index contributed by atoms with van der Waals surface area (Å²) in [5, 5.41) is 9.32. The molecule has 0 aliphatic carbocycles. The fourth-order valence-corrected chi connectivity index (χ4v) is 2.12. The molecule has 0 bridgehead atoms. The molecule has 1 aromatic carbocycles. The van der Waals surface area contributed by atoms with Crippen LogP contribution in [-0.4, -0.2) is 7.11 Å². The Kier molecular flexibility index (Phi) is 3.39. The highest BCUT2D eigenvalue weighted by Crippen LogP contribution is 2.31. The van der Waals surface area contributed by atoms with Crippen LogP contribution in [0, 0.1) is 25.2 Å². The van der Waals surface area contributed by atoms with Crippen LogP contribution in [0.1, 0.15) is 16.8 Å². The molecule has 1 aromatic heterocycles. The maximum Gasteiger partial charge on any atom is 0.289 e. The quantitative estimate of drug-likeness (QED) is 0.893. The maximum atomic E-state index is 9.32. The number of H-pyrrole nitrogens is 1. The fourth-order valence-electron chi connectivity index (χ4n) is 2.12. The second-order valence-corrected chi connectivity index (χ2v) is 4.38. The molecule has 0 aliphatic heterocycles. The van der Waals surface area contributed by atoms with E-state index < -0.39 is 0 Å². The van der Waals surface area contributed by atoms with E-state index in [2.05, 4.69) is 11.1 Å². The van der Waals surface area contributed by atoms with Gasteiger partial charge in [0, 0.05) is 11.1 Å². The molecule has 0 amide bonds. The summed E-state index contributed by atoms with van der Waals surface area (Å²) in [5.74, 6) is 1.15. The molecule has 0 saturated heterocycles. The van der Waals surface area contributed by atoms with Crippen molar-refractivity contribution in [2.45, 2.75) is 13.8 Å². The van der Waals surface area contributed by atoms with Crippen LogP contribution in [0.15, 0.2) is 24.3 Å². The molecule has 2 rings (SSSR count). The number of nitrogen functional groups attached to an aromatic ring is 1. The van der Waals surface area contributed by atoms with Gasteiger partial charge in [-0.1, -0.05) is 12.1 Å². The van der Waals surface area contributed by atoms with E-state index in [1.807, 2.05) is 38.1 Å². The molecule has 19 heavy (non-hydrogen) atoms. The molecule has 4 nitrogen and oxygen atoms in total. The largest absolute Gasteiger partial charge is 0.497 e. The van der Waals surface area contributed by atoms with E-state index in [9.17, 15) is 5.26 Å². The summed E-state index contributed by atoms with van der Waals surface area (Å²) in [7, 11) is 1.62. The van der Waals surface area contributed by atoms with Gasteiger partial charge < -0.3 is 4.74 Å². The number of hydrogen-bond donors (Lipinski definition) is 1. The fraction of sp³-hybridized carbons (Fsp3) is 0.200. The van der Waals surface area contributed by atoms with Crippen molar-refractivity contribution in [1.82, 2.24) is 0 Å². The van der Waals surface area contributed by atoms with Gasteiger partial charge in [0.15, 0.2) is 0 Å². The van der Waals surface area contributed by atoms with E-state index in [0.29, 0.717) is 11.4 Å². The van der Waals surface area contributed by atoms with Crippen molar-refractivity contribution < 1.29 is 9.72 Å². The SMILES string of the molecule is COc1cccc(-c2c(C)c(C)[nH+]c(N)c2C#N)c1. The molecule has 0 aliphatic rings. The second-order valence-electron chi connectivity index (χ2n) is 4.38. The first-order valence-corrected chi connectivity index (χ1v) is 5.95. The van der Waals surface area contributed by atoms with E-state index in [1.54, 1.807) is 7.11 Å². The highest BCUT2D eigenvalue weighted by molar-refractivity contribution is 5.78. The van der Waals surface area contributed by atoms with Gasteiger partial charge in [0.2, 0.25) is 0 Å². The molecule has 1 heterocycles. The van der Waals surface area contributed by atoms with Gasteiger partial charge in [-0.15, -0.1) is 0 Å². The minimum Gasteiger partial charge on any atom is -0.497 e. The lowest BCUT2D eigenvalue weighted by molar-refractivity contribution is -0.370. The minimum absolute atomic E-state index is 0.392. The normalized spacial score (nSPS) is 10.0.